The topological polar surface area (TPSA) is 45.7 Å². The summed E-state index contributed by atoms with van der Waals surface area (Å²) < 4.78 is 40.7. The van der Waals surface area contributed by atoms with E-state index in [9.17, 15) is 13.2 Å². The quantitative estimate of drug-likeness (QED) is 0.244. The fourth-order valence-electron chi connectivity index (χ4n) is 1.92. The molecular weight excluding hydrogens is 446 g/mol. The molecule has 0 spiro atoms. The van der Waals surface area contributed by atoms with Gasteiger partial charge in [-0.25, -0.2) is 4.99 Å². The standard InChI is InChI=1S/C17H26F3N3O.HI/c1-3-5-10-22-16(21-4-2)23-11-14-6-8-15(9-7-14)12-24-13-17(18,19)20;/h6-9H,3-5,10-13H2,1-2H3,(H2,21,22,23);1H. The van der Waals surface area contributed by atoms with Crippen molar-refractivity contribution in [2.24, 2.45) is 4.99 Å². The maximum atomic E-state index is 12.0. The molecule has 0 atom stereocenters. The molecule has 1 aromatic carbocycles. The van der Waals surface area contributed by atoms with E-state index in [0.717, 1.165) is 37.5 Å². The highest BCUT2D eigenvalue weighted by molar-refractivity contribution is 14.0. The van der Waals surface area contributed by atoms with E-state index in [4.69, 9.17) is 0 Å². The summed E-state index contributed by atoms with van der Waals surface area (Å²) in [6.45, 7) is 5.02. The number of hydrogen-bond donors (Lipinski definition) is 2. The Morgan fingerprint density at radius 2 is 1.72 bits per heavy atom. The number of hydrogen-bond acceptors (Lipinski definition) is 2. The minimum absolute atomic E-state index is 0. The van der Waals surface area contributed by atoms with E-state index in [1.165, 1.54) is 0 Å². The van der Waals surface area contributed by atoms with Crippen molar-refractivity contribution in [2.45, 2.75) is 46.0 Å². The van der Waals surface area contributed by atoms with Gasteiger partial charge in [0.1, 0.15) is 6.61 Å². The van der Waals surface area contributed by atoms with Crippen LogP contribution in [0.3, 0.4) is 0 Å². The summed E-state index contributed by atoms with van der Waals surface area (Å²) in [6.07, 6.45) is -2.09. The smallest absolute Gasteiger partial charge is 0.367 e. The van der Waals surface area contributed by atoms with Gasteiger partial charge in [-0.05, 0) is 24.5 Å². The van der Waals surface area contributed by atoms with Crippen molar-refractivity contribution in [3.8, 4) is 0 Å². The van der Waals surface area contributed by atoms with Gasteiger partial charge in [0, 0.05) is 13.1 Å². The van der Waals surface area contributed by atoms with E-state index in [1.54, 1.807) is 12.1 Å². The molecule has 0 saturated carbocycles. The fourth-order valence-corrected chi connectivity index (χ4v) is 1.92. The molecule has 0 unspecified atom stereocenters. The lowest BCUT2D eigenvalue weighted by Gasteiger charge is -2.11. The molecule has 144 valence electrons. The largest absolute Gasteiger partial charge is 0.411 e. The SMILES string of the molecule is CCCCNC(=NCc1ccc(COCC(F)(F)F)cc1)NCC.I. The summed E-state index contributed by atoms with van der Waals surface area (Å²) in [6, 6.07) is 7.23. The van der Waals surface area contributed by atoms with Crippen LogP contribution >= 0.6 is 24.0 Å². The third kappa shape index (κ3) is 12.0. The maximum absolute atomic E-state index is 12.0. The third-order valence-electron chi connectivity index (χ3n) is 3.14. The lowest BCUT2D eigenvalue weighted by Crippen LogP contribution is -2.37. The van der Waals surface area contributed by atoms with Crippen LogP contribution in [0.2, 0.25) is 0 Å². The molecule has 0 radical (unpaired) electrons. The van der Waals surface area contributed by atoms with Gasteiger partial charge in [0.25, 0.3) is 0 Å². The van der Waals surface area contributed by atoms with Crippen molar-refractivity contribution in [1.82, 2.24) is 10.6 Å². The minimum atomic E-state index is -4.29. The molecule has 0 saturated heterocycles. The number of aliphatic imine (C=N–C) groups is 1. The van der Waals surface area contributed by atoms with Crippen LogP contribution in [0.15, 0.2) is 29.3 Å². The zero-order valence-electron chi connectivity index (χ0n) is 14.7. The first-order valence-corrected chi connectivity index (χ1v) is 8.19. The lowest BCUT2D eigenvalue weighted by molar-refractivity contribution is -0.176. The first kappa shape index (κ1) is 24.0. The molecule has 0 aliphatic heterocycles. The Morgan fingerprint density at radius 1 is 1.08 bits per heavy atom. The van der Waals surface area contributed by atoms with Gasteiger partial charge in [-0.2, -0.15) is 13.2 Å². The van der Waals surface area contributed by atoms with E-state index >= 15 is 0 Å². The van der Waals surface area contributed by atoms with E-state index in [2.05, 4.69) is 27.3 Å². The monoisotopic (exact) mass is 473 g/mol. The lowest BCUT2D eigenvalue weighted by atomic mass is 10.1. The van der Waals surface area contributed by atoms with Crippen LogP contribution in [0.4, 0.5) is 13.2 Å². The predicted molar refractivity (Wildman–Crippen MR) is 105 cm³/mol. The molecule has 4 nitrogen and oxygen atoms in total. The number of ether oxygens (including phenoxy) is 1. The summed E-state index contributed by atoms with van der Waals surface area (Å²) in [5.41, 5.74) is 1.70. The van der Waals surface area contributed by atoms with Crippen molar-refractivity contribution in [2.75, 3.05) is 19.7 Å². The first-order chi connectivity index (χ1) is 11.4. The summed E-state index contributed by atoms with van der Waals surface area (Å²) in [5.74, 6) is 0.767. The number of guanidine groups is 1. The van der Waals surface area contributed by atoms with Crippen molar-refractivity contribution in [3.63, 3.8) is 0 Å². The number of alkyl halides is 3. The molecule has 1 aromatic rings. The number of benzene rings is 1. The van der Waals surface area contributed by atoms with Crippen LogP contribution in [-0.2, 0) is 17.9 Å². The number of nitrogens with zero attached hydrogens (tertiary/aromatic N) is 1. The van der Waals surface area contributed by atoms with Gasteiger partial charge in [0.15, 0.2) is 5.96 Å². The van der Waals surface area contributed by atoms with E-state index in [-0.39, 0.29) is 30.6 Å². The Morgan fingerprint density at radius 3 is 2.28 bits per heavy atom. The normalized spacial score (nSPS) is 11.8. The molecule has 25 heavy (non-hydrogen) atoms. The van der Waals surface area contributed by atoms with Crippen LogP contribution < -0.4 is 10.6 Å². The summed E-state index contributed by atoms with van der Waals surface area (Å²) in [7, 11) is 0. The molecular formula is C17H27F3IN3O. The van der Waals surface area contributed by atoms with Crippen LogP contribution in [0.25, 0.3) is 0 Å². The molecule has 2 N–H and O–H groups in total. The molecule has 8 heteroatoms. The molecule has 0 bridgehead atoms. The molecule has 0 fully saturated rings. The van der Waals surface area contributed by atoms with Gasteiger partial charge >= 0.3 is 6.18 Å². The van der Waals surface area contributed by atoms with Crippen molar-refractivity contribution in [1.29, 1.82) is 0 Å². The predicted octanol–water partition coefficient (Wildman–Crippen LogP) is 4.24. The van der Waals surface area contributed by atoms with Gasteiger partial charge in [-0.1, -0.05) is 37.6 Å². The molecule has 0 aromatic heterocycles. The number of unbranched alkanes of at least 4 members (excludes halogenated alkanes) is 1. The average Bonchev–Trinajstić information content (AvgIpc) is 2.53. The van der Waals surface area contributed by atoms with Gasteiger partial charge in [-0.3, -0.25) is 0 Å². The number of rotatable bonds is 9. The summed E-state index contributed by atoms with van der Waals surface area (Å²) >= 11 is 0. The van der Waals surface area contributed by atoms with E-state index in [1.807, 2.05) is 19.1 Å². The zero-order valence-corrected chi connectivity index (χ0v) is 17.0. The first-order valence-electron chi connectivity index (χ1n) is 8.19. The Labute approximate surface area is 164 Å². The zero-order chi connectivity index (χ0) is 17.8. The van der Waals surface area contributed by atoms with E-state index in [0.29, 0.717) is 12.1 Å². The summed E-state index contributed by atoms with van der Waals surface area (Å²) in [4.78, 5) is 4.49. The van der Waals surface area contributed by atoms with Gasteiger partial charge in [-0.15, -0.1) is 24.0 Å². The molecule has 0 amide bonds. The van der Waals surface area contributed by atoms with Crippen LogP contribution in [0.1, 0.15) is 37.8 Å². The highest BCUT2D eigenvalue weighted by atomic mass is 127. The van der Waals surface area contributed by atoms with Crippen molar-refractivity contribution in [3.05, 3.63) is 35.4 Å². The highest BCUT2D eigenvalue weighted by Crippen LogP contribution is 2.16. The van der Waals surface area contributed by atoms with Gasteiger partial charge in [0.2, 0.25) is 0 Å². The minimum Gasteiger partial charge on any atom is -0.367 e. The van der Waals surface area contributed by atoms with Crippen LogP contribution in [-0.4, -0.2) is 31.8 Å². The van der Waals surface area contributed by atoms with Crippen LogP contribution in [0, 0.1) is 0 Å². The third-order valence-corrected chi connectivity index (χ3v) is 3.14. The van der Waals surface area contributed by atoms with Crippen LogP contribution in [0.5, 0.6) is 0 Å². The Hall–Kier alpha value is -1.03. The second kappa shape index (κ2) is 13.2. The fraction of sp³-hybridized carbons (Fsp3) is 0.588. The van der Waals surface area contributed by atoms with Crippen molar-refractivity contribution < 1.29 is 17.9 Å². The number of halogens is 4. The van der Waals surface area contributed by atoms with Gasteiger partial charge < -0.3 is 15.4 Å². The average molecular weight is 473 g/mol. The van der Waals surface area contributed by atoms with Gasteiger partial charge in [0.05, 0.1) is 13.2 Å². The Kier molecular flexibility index (Phi) is 12.7. The maximum Gasteiger partial charge on any atom is 0.411 e. The molecule has 0 heterocycles. The molecule has 0 aliphatic carbocycles. The second-order valence-corrected chi connectivity index (χ2v) is 5.40. The second-order valence-electron chi connectivity index (χ2n) is 5.40. The Bertz CT molecular complexity index is 493. The number of nitrogens with one attached hydrogen (secondary N) is 2. The highest BCUT2D eigenvalue weighted by Gasteiger charge is 2.27. The molecule has 0 aliphatic rings. The molecule has 1 rings (SSSR count). The summed E-state index contributed by atoms with van der Waals surface area (Å²) in [5, 5.41) is 6.44. The Balaban J connectivity index is 0.00000576. The van der Waals surface area contributed by atoms with E-state index < -0.39 is 12.8 Å². The van der Waals surface area contributed by atoms with Crippen molar-refractivity contribution >= 4 is 29.9 Å².